The molecule has 0 rings (SSSR count). The number of carbonyl (C=O) groups excluding carboxylic acids is 3. The molecule has 0 saturated carbocycles. The maximum atomic E-state index is 12.6. The fourth-order valence-corrected chi connectivity index (χ4v) is 2.71. The lowest BCUT2D eigenvalue weighted by molar-refractivity contribution is -0.858. The molecule has 0 bridgehead atoms. The Bertz CT molecular complexity index is 429. The number of nitrogens with one attached hydrogen (secondary N) is 2. The van der Waals surface area contributed by atoms with Gasteiger partial charge < -0.3 is 15.1 Å². The molecular formula is C18H37N4O4+. The molecule has 8 heteroatoms. The van der Waals surface area contributed by atoms with Crippen LogP contribution in [0.15, 0.2) is 0 Å². The van der Waals surface area contributed by atoms with Gasteiger partial charge in [-0.15, -0.1) is 0 Å². The van der Waals surface area contributed by atoms with Crippen LogP contribution in [0.25, 0.3) is 0 Å². The quantitative estimate of drug-likeness (QED) is 0.166. The van der Waals surface area contributed by atoms with Gasteiger partial charge in [0.2, 0.25) is 18.2 Å². The van der Waals surface area contributed by atoms with E-state index in [1.807, 2.05) is 6.92 Å². The Kier molecular flexibility index (Phi) is 12.7. The van der Waals surface area contributed by atoms with E-state index in [1.165, 1.54) is 9.80 Å². The molecule has 0 radical (unpaired) electrons. The maximum Gasteiger partial charge on any atom is 0.244 e. The summed E-state index contributed by atoms with van der Waals surface area (Å²) in [5.41, 5.74) is 0. The van der Waals surface area contributed by atoms with Crippen LogP contribution in [-0.2, 0) is 14.4 Å². The third-order valence-corrected chi connectivity index (χ3v) is 4.28. The minimum Gasteiger partial charge on any atom is -0.347 e. The normalized spacial score (nSPS) is 13.2. The number of carbonyl (C=O) groups is 3. The van der Waals surface area contributed by atoms with Crippen molar-refractivity contribution in [1.82, 2.24) is 15.3 Å². The van der Waals surface area contributed by atoms with Gasteiger partial charge in [0, 0.05) is 14.1 Å². The van der Waals surface area contributed by atoms with Gasteiger partial charge in [0.15, 0.2) is 0 Å². The van der Waals surface area contributed by atoms with Crippen LogP contribution in [-0.4, -0.2) is 80.7 Å². The molecule has 2 atom stereocenters. The molecule has 152 valence electrons. The number of hydrogen-bond acceptors (Lipinski definition) is 4. The van der Waals surface area contributed by atoms with Crippen molar-refractivity contribution in [2.24, 2.45) is 5.92 Å². The Morgan fingerprint density at radius 1 is 1.15 bits per heavy atom. The lowest BCUT2D eigenvalue weighted by atomic mass is 9.99. The number of hydroxylamine groups is 2. The summed E-state index contributed by atoms with van der Waals surface area (Å²) in [6.07, 6.45) is 4.96. The van der Waals surface area contributed by atoms with Crippen molar-refractivity contribution in [2.45, 2.75) is 51.5 Å². The zero-order valence-electron chi connectivity index (χ0n) is 17.0. The Hall–Kier alpha value is -1.67. The van der Waals surface area contributed by atoms with Crippen LogP contribution in [0.3, 0.4) is 0 Å². The van der Waals surface area contributed by atoms with E-state index in [9.17, 15) is 19.6 Å². The molecule has 3 amide bonds. The molecule has 0 aliphatic rings. The summed E-state index contributed by atoms with van der Waals surface area (Å²) in [7, 11) is 7.50. The van der Waals surface area contributed by atoms with E-state index in [-0.39, 0.29) is 24.8 Å². The molecule has 0 aromatic rings. The third-order valence-electron chi connectivity index (χ3n) is 4.28. The van der Waals surface area contributed by atoms with Gasteiger partial charge in [-0.25, -0.2) is 5.06 Å². The summed E-state index contributed by atoms with van der Waals surface area (Å²) in [4.78, 5) is 38.5. The lowest BCUT2D eigenvalue weighted by Gasteiger charge is -2.25. The van der Waals surface area contributed by atoms with E-state index >= 15 is 0 Å². The molecule has 0 heterocycles. The van der Waals surface area contributed by atoms with Gasteiger partial charge in [0.05, 0.1) is 33.1 Å². The first-order valence-electron chi connectivity index (χ1n) is 9.44. The van der Waals surface area contributed by atoms with Crippen LogP contribution in [0.1, 0.15) is 45.4 Å². The fraction of sp³-hybridized carbons (Fsp3) is 0.833. The molecule has 3 N–H and O–H groups in total. The molecule has 0 saturated heterocycles. The van der Waals surface area contributed by atoms with Crippen LogP contribution >= 0.6 is 0 Å². The number of unbranched alkanes of at least 4 members (excludes halogenated alkanes) is 2. The fourth-order valence-electron chi connectivity index (χ4n) is 2.71. The van der Waals surface area contributed by atoms with Gasteiger partial charge >= 0.3 is 0 Å². The monoisotopic (exact) mass is 373 g/mol. The summed E-state index contributed by atoms with van der Waals surface area (Å²) < 4.78 is 0. The Balaban J connectivity index is 4.90. The minimum atomic E-state index is -0.581. The largest absolute Gasteiger partial charge is 0.347 e. The van der Waals surface area contributed by atoms with E-state index in [4.69, 9.17) is 0 Å². The molecule has 0 aromatic heterocycles. The van der Waals surface area contributed by atoms with Crippen LogP contribution in [0.4, 0.5) is 0 Å². The number of hydrogen-bond donors (Lipinski definition) is 3. The van der Waals surface area contributed by atoms with Crippen molar-refractivity contribution in [1.29, 1.82) is 0 Å². The van der Waals surface area contributed by atoms with E-state index in [0.717, 1.165) is 32.2 Å². The molecule has 8 nitrogen and oxygen atoms in total. The molecule has 26 heavy (non-hydrogen) atoms. The van der Waals surface area contributed by atoms with Crippen molar-refractivity contribution >= 4 is 18.2 Å². The number of rotatable bonds is 14. The van der Waals surface area contributed by atoms with Gasteiger partial charge in [0.1, 0.15) is 6.04 Å². The third kappa shape index (κ3) is 10.4. The second-order valence-corrected chi connectivity index (χ2v) is 7.31. The highest BCUT2D eigenvalue weighted by atomic mass is 16.5. The summed E-state index contributed by atoms with van der Waals surface area (Å²) >= 11 is 0. The molecule has 0 spiro atoms. The number of likely N-dealkylation sites (N-methyl/N-ethyl adjacent to an activating group) is 1. The summed E-state index contributed by atoms with van der Waals surface area (Å²) in [6, 6.07) is -0.581. The summed E-state index contributed by atoms with van der Waals surface area (Å²) in [5, 5.41) is 12.8. The van der Waals surface area contributed by atoms with Crippen molar-refractivity contribution in [2.75, 3.05) is 41.3 Å². The van der Waals surface area contributed by atoms with Gasteiger partial charge in [-0.05, 0) is 25.7 Å². The number of nitrogens with zero attached hydrogens (tertiary/aromatic N) is 2. The highest BCUT2D eigenvalue weighted by Gasteiger charge is 2.27. The lowest BCUT2D eigenvalue weighted by Crippen LogP contribution is -3.05. The highest BCUT2D eigenvalue weighted by Crippen LogP contribution is 2.12. The molecule has 0 fully saturated rings. The second-order valence-electron chi connectivity index (χ2n) is 7.31. The van der Waals surface area contributed by atoms with Crippen LogP contribution in [0.2, 0.25) is 0 Å². The average molecular weight is 374 g/mol. The molecule has 0 aliphatic carbocycles. The minimum absolute atomic E-state index is 0.0673. The van der Waals surface area contributed by atoms with Crippen LogP contribution < -0.4 is 10.2 Å². The Morgan fingerprint density at radius 2 is 1.81 bits per heavy atom. The molecule has 0 unspecified atom stereocenters. The summed E-state index contributed by atoms with van der Waals surface area (Å²) in [5.74, 6) is -0.965. The number of amides is 3. The van der Waals surface area contributed by atoms with Crippen LogP contribution in [0.5, 0.6) is 0 Å². The van der Waals surface area contributed by atoms with E-state index in [1.54, 1.807) is 14.1 Å². The number of quaternary nitrogens is 1. The topological polar surface area (TPSA) is 94.4 Å². The highest BCUT2D eigenvalue weighted by molar-refractivity contribution is 5.88. The van der Waals surface area contributed by atoms with Crippen molar-refractivity contribution < 1.29 is 24.5 Å². The zero-order valence-corrected chi connectivity index (χ0v) is 17.0. The first kappa shape index (κ1) is 24.3. The smallest absolute Gasteiger partial charge is 0.244 e. The first-order valence-corrected chi connectivity index (χ1v) is 9.44. The van der Waals surface area contributed by atoms with Gasteiger partial charge in [-0.1, -0.05) is 19.8 Å². The van der Waals surface area contributed by atoms with E-state index in [2.05, 4.69) is 19.4 Å². The van der Waals surface area contributed by atoms with Gasteiger partial charge in [-0.2, -0.15) is 0 Å². The average Bonchev–Trinajstić information content (AvgIpc) is 2.59. The van der Waals surface area contributed by atoms with Crippen molar-refractivity contribution in [3.8, 4) is 0 Å². The van der Waals surface area contributed by atoms with Gasteiger partial charge in [0.25, 0.3) is 0 Å². The van der Waals surface area contributed by atoms with Gasteiger partial charge in [-0.3, -0.25) is 19.6 Å². The second kappa shape index (κ2) is 13.5. The molecule has 0 aliphatic heterocycles. The summed E-state index contributed by atoms with van der Waals surface area (Å²) in [6.45, 7) is 2.95. The molecule has 0 aromatic carbocycles. The van der Waals surface area contributed by atoms with E-state index < -0.39 is 12.0 Å². The van der Waals surface area contributed by atoms with E-state index in [0.29, 0.717) is 17.9 Å². The zero-order chi connectivity index (χ0) is 20.1. The molecular weight excluding hydrogens is 336 g/mol. The first-order chi connectivity index (χ1) is 12.2. The van der Waals surface area contributed by atoms with Crippen LogP contribution in [0, 0.1) is 5.92 Å². The standard InChI is InChI=1S/C18H36N4O4/c1-6-7-10-15(13-22(26)14-23)17(24)19-16(18(25)21(4)5)11-8-9-12-20(2)3/h14-16,26H,6-13H2,1-5H3,(H,19,24)/p+1/t15-,16+/m1/s1. The Labute approximate surface area is 157 Å². The SMILES string of the molecule is CCCC[C@H](CN(O)C=O)C(=O)N[C@@H](CCCC[NH+](C)C)C(=O)N(C)C. The predicted molar refractivity (Wildman–Crippen MR) is 99.7 cm³/mol. The van der Waals surface area contributed by atoms with Crippen molar-refractivity contribution in [3.63, 3.8) is 0 Å². The predicted octanol–water partition coefficient (Wildman–Crippen LogP) is -0.472. The Morgan fingerprint density at radius 3 is 2.31 bits per heavy atom. The maximum absolute atomic E-state index is 12.6. The van der Waals surface area contributed by atoms with Crippen molar-refractivity contribution in [3.05, 3.63) is 0 Å².